The molecule has 1 unspecified atom stereocenters. The van der Waals surface area contributed by atoms with Crippen molar-refractivity contribution >= 4 is 45.0 Å². The van der Waals surface area contributed by atoms with Crippen LogP contribution in [0.4, 0.5) is 35.4 Å². The normalized spacial score (nSPS) is 16.3. The molecule has 8 nitrogen and oxygen atoms in total. The van der Waals surface area contributed by atoms with E-state index >= 15 is 0 Å². The molecule has 0 radical (unpaired) electrons. The molecule has 0 aliphatic carbocycles. The van der Waals surface area contributed by atoms with Crippen molar-refractivity contribution in [3.63, 3.8) is 0 Å². The number of nitrogens with zero attached hydrogens (tertiary/aromatic N) is 6. The van der Waals surface area contributed by atoms with Gasteiger partial charge in [0.05, 0.1) is 17.0 Å². The summed E-state index contributed by atoms with van der Waals surface area (Å²) in [5, 5.41) is 7.70. The van der Waals surface area contributed by atoms with Gasteiger partial charge in [-0.3, -0.25) is 4.21 Å². The summed E-state index contributed by atoms with van der Waals surface area (Å²) in [6.07, 6.45) is -3.30. The number of hydrogen-bond donors (Lipinski definition) is 0. The molecule has 1 fully saturated rings. The number of rotatable bonds is 5. The van der Waals surface area contributed by atoms with Crippen molar-refractivity contribution in [1.82, 2.24) is 9.36 Å². The van der Waals surface area contributed by atoms with Crippen LogP contribution in [-0.4, -0.2) is 37.5 Å². The van der Waals surface area contributed by atoms with Crippen molar-refractivity contribution in [2.75, 3.05) is 22.3 Å². The van der Waals surface area contributed by atoms with Crippen molar-refractivity contribution in [2.24, 2.45) is 10.2 Å². The summed E-state index contributed by atoms with van der Waals surface area (Å²) in [4.78, 5) is 5.84. The molecule has 3 rings (SSSR count). The number of halogens is 3. The number of azo groups is 1. The zero-order chi connectivity index (χ0) is 19.6. The van der Waals surface area contributed by atoms with Gasteiger partial charge < -0.3 is 9.45 Å². The van der Waals surface area contributed by atoms with E-state index in [9.17, 15) is 21.9 Å². The van der Waals surface area contributed by atoms with Gasteiger partial charge in [0.25, 0.3) is 0 Å². The summed E-state index contributed by atoms with van der Waals surface area (Å²) in [5.74, 6) is 0.455. The topological polar surface area (TPSA) is 97.1 Å². The minimum absolute atomic E-state index is 0.156. The lowest BCUT2D eigenvalue weighted by atomic mass is 10.2. The molecule has 0 amide bonds. The number of hydrogen-bond acceptors (Lipinski definition) is 8. The molecule has 1 aromatic carbocycles. The van der Waals surface area contributed by atoms with Crippen LogP contribution in [-0.2, 0) is 11.3 Å². The molecule has 27 heavy (non-hydrogen) atoms. The first-order valence-electron chi connectivity index (χ1n) is 7.83. The highest BCUT2D eigenvalue weighted by Crippen LogP contribution is 2.40. The van der Waals surface area contributed by atoms with Crippen LogP contribution < -0.4 is 9.21 Å². The van der Waals surface area contributed by atoms with Crippen molar-refractivity contribution in [3.8, 4) is 0 Å². The molecule has 2 aromatic rings. The van der Waals surface area contributed by atoms with Gasteiger partial charge in [-0.05, 0) is 38.0 Å². The zero-order valence-electron chi connectivity index (χ0n) is 14.0. The van der Waals surface area contributed by atoms with E-state index in [1.165, 1.54) is 6.07 Å². The molecule has 1 aliphatic heterocycles. The third-order valence-electron chi connectivity index (χ3n) is 3.79. The SMILES string of the molecule is Cc1nsc(N=Nc2ccc(N3CCCC3)cc2N(S(=O)[O-])C(F)(F)F)n1. The third-order valence-corrected chi connectivity index (χ3v) is 5.18. The summed E-state index contributed by atoms with van der Waals surface area (Å²) in [6.45, 7) is 3.02. The second kappa shape index (κ2) is 7.86. The largest absolute Gasteiger partial charge is 0.755 e. The van der Waals surface area contributed by atoms with E-state index < -0.39 is 27.6 Å². The summed E-state index contributed by atoms with van der Waals surface area (Å²) < 4.78 is 65.9. The smallest absolute Gasteiger partial charge is 0.495 e. The molecule has 0 saturated carbocycles. The highest BCUT2D eigenvalue weighted by Gasteiger charge is 2.40. The number of benzene rings is 1. The van der Waals surface area contributed by atoms with Gasteiger partial charge in [-0.2, -0.15) is 4.37 Å². The lowest BCUT2D eigenvalue weighted by molar-refractivity contribution is -0.115. The predicted octanol–water partition coefficient (Wildman–Crippen LogP) is 3.98. The lowest BCUT2D eigenvalue weighted by Crippen LogP contribution is -2.39. The highest BCUT2D eigenvalue weighted by atomic mass is 32.2. The Morgan fingerprint density at radius 3 is 2.56 bits per heavy atom. The second-order valence-electron chi connectivity index (χ2n) is 5.67. The van der Waals surface area contributed by atoms with Gasteiger partial charge >= 0.3 is 6.30 Å². The maximum Gasteiger partial charge on any atom is 0.495 e. The van der Waals surface area contributed by atoms with Gasteiger partial charge in [0.15, 0.2) is 0 Å². The van der Waals surface area contributed by atoms with Crippen LogP contribution in [0.2, 0.25) is 0 Å². The van der Waals surface area contributed by atoms with E-state index in [1.54, 1.807) is 13.0 Å². The van der Waals surface area contributed by atoms with Crippen LogP contribution in [0, 0.1) is 6.92 Å². The highest BCUT2D eigenvalue weighted by molar-refractivity contribution is 7.80. The maximum atomic E-state index is 13.3. The van der Waals surface area contributed by atoms with Gasteiger partial charge in [0.2, 0.25) is 5.13 Å². The van der Waals surface area contributed by atoms with E-state index in [1.807, 2.05) is 4.90 Å². The first-order chi connectivity index (χ1) is 12.8. The van der Waals surface area contributed by atoms with E-state index in [4.69, 9.17) is 0 Å². The Morgan fingerprint density at radius 1 is 1.30 bits per heavy atom. The van der Waals surface area contributed by atoms with Crippen LogP contribution in [0.3, 0.4) is 0 Å². The molecular formula is C14H14F3N6O2S2-. The van der Waals surface area contributed by atoms with Gasteiger partial charge in [-0.25, -0.2) is 9.29 Å². The first-order valence-corrected chi connectivity index (χ1v) is 9.63. The van der Waals surface area contributed by atoms with Crippen LogP contribution in [0.25, 0.3) is 0 Å². The Balaban J connectivity index is 2.05. The molecule has 1 aromatic heterocycles. The van der Waals surface area contributed by atoms with Gasteiger partial charge in [0.1, 0.15) is 11.5 Å². The summed E-state index contributed by atoms with van der Waals surface area (Å²) in [6, 6.07) is 4.07. The number of alkyl halides is 3. The van der Waals surface area contributed by atoms with Gasteiger partial charge in [-0.15, -0.1) is 23.4 Å². The Kier molecular flexibility index (Phi) is 5.72. The standard InChI is InChI=1S/C14H15F3N6O2S2/c1-9-18-13(26-21-9)20-19-11-5-4-10(22-6-2-3-7-22)8-12(11)23(27(24)25)14(15,16)17/h4-5,8H,2-3,6-7H2,1H3,(H,24,25)/p-1. The molecule has 146 valence electrons. The van der Waals surface area contributed by atoms with Crippen LogP contribution in [0.5, 0.6) is 0 Å². The molecular weight excluding hydrogens is 405 g/mol. The molecule has 1 aliphatic rings. The molecule has 2 heterocycles. The minimum Gasteiger partial charge on any atom is -0.755 e. The van der Waals surface area contributed by atoms with Crippen LogP contribution in [0.15, 0.2) is 28.4 Å². The van der Waals surface area contributed by atoms with Gasteiger partial charge in [-0.1, -0.05) is 0 Å². The predicted molar refractivity (Wildman–Crippen MR) is 94.2 cm³/mol. The third kappa shape index (κ3) is 4.59. The summed E-state index contributed by atoms with van der Waals surface area (Å²) in [7, 11) is 0. The molecule has 0 bridgehead atoms. The maximum absolute atomic E-state index is 13.3. The van der Waals surface area contributed by atoms with Crippen molar-refractivity contribution in [3.05, 3.63) is 24.0 Å². The van der Waals surface area contributed by atoms with Crippen LogP contribution >= 0.6 is 11.5 Å². The Hall–Kier alpha value is -2.12. The van der Waals surface area contributed by atoms with Crippen molar-refractivity contribution < 1.29 is 21.9 Å². The van der Waals surface area contributed by atoms with E-state index in [2.05, 4.69) is 19.6 Å². The Bertz CT molecular complexity index is 867. The average Bonchev–Trinajstić information content (AvgIpc) is 3.23. The molecule has 1 saturated heterocycles. The fraction of sp³-hybridized carbons (Fsp3) is 0.429. The molecule has 1 atom stereocenters. The van der Waals surface area contributed by atoms with E-state index in [-0.39, 0.29) is 10.8 Å². The quantitative estimate of drug-likeness (QED) is 0.415. The second-order valence-corrected chi connectivity index (χ2v) is 7.20. The monoisotopic (exact) mass is 419 g/mol. The number of aromatic nitrogens is 2. The lowest BCUT2D eigenvalue weighted by Gasteiger charge is -2.30. The first kappa shape index (κ1) is 19.6. The number of aryl methyl sites for hydroxylation is 1. The van der Waals surface area contributed by atoms with Gasteiger partial charge in [0, 0.05) is 30.3 Å². The minimum atomic E-state index is -5.14. The van der Waals surface area contributed by atoms with Crippen molar-refractivity contribution in [1.29, 1.82) is 0 Å². The molecule has 13 heteroatoms. The zero-order valence-corrected chi connectivity index (χ0v) is 15.6. The number of anilines is 2. The Labute approximate surface area is 159 Å². The van der Waals surface area contributed by atoms with Crippen molar-refractivity contribution in [2.45, 2.75) is 26.1 Å². The summed E-state index contributed by atoms with van der Waals surface area (Å²) >= 11 is -2.64. The van der Waals surface area contributed by atoms with E-state index in [0.717, 1.165) is 30.4 Å². The fourth-order valence-corrected chi connectivity index (χ4v) is 3.64. The van der Waals surface area contributed by atoms with Crippen LogP contribution in [0.1, 0.15) is 18.7 Å². The van der Waals surface area contributed by atoms with E-state index in [0.29, 0.717) is 24.6 Å². The molecule has 0 N–H and O–H groups in total. The average molecular weight is 419 g/mol. The fourth-order valence-electron chi connectivity index (χ4n) is 2.66. The molecule has 0 spiro atoms. The Morgan fingerprint density at radius 2 is 2.00 bits per heavy atom. The summed E-state index contributed by atoms with van der Waals surface area (Å²) in [5.41, 5.74) is -0.370.